The molecule has 3 nitrogen and oxygen atoms in total. The van der Waals surface area contributed by atoms with Crippen molar-refractivity contribution in [3.8, 4) is 0 Å². The molecule has 0 aliphatic carbocycles. The SMILES string of the molecule is Cc1csc(/C=C/[N+](=O)[O-])c1Br. The number of aryl methyl sites for hydroxylation is 1. The van der Waals surface area contributed by atoms with E-state index in [1.54, 1.807) is 0 Å². The Kier molecular flexibility index (Phi) is 2.99. The van der Waals surface area contributed by atoms with Crippen LogP contribution in [0.5, 0.6) is 0 Å². The summed E-state index contributed by atoms with van der Waals surface area (Å²) in [4.78, 5) is 10.4. The highest BCUT2D eigenvalue weighted by atomic mass is 79.9. The molecule has 64 valence electrons. The second kappa shape index (κ2) is 3.82. The van der Waals surface area contributed by atoms with Crippen molar-refractivity contribution in [3.05, 3.63) is 36.6 Å². The molecule has 0 saturated carbocycles. The van der Waals surface area contributed by atoms with E-state index < -0.39 is 4.92 Å². The molecule has 1 heterocycles. The van der Waals surface area contributed by atoms with E-state index in [9.17, 15) is 10.1 Å². The molecule has 1 rings (SSSR count). The summed E-state index contributed by atoms with van der Waals surface area (Å²) in [5.41, 5.74) is 1.10. The Labute approximate surface area is 82.0 Å². The first-order chi connectivity index (χ1) is 5.61. The Morgan fingerprint density at radius 2 is 2.42 bits per heavy atom. The van der Waals surface area contributed by atoms with Gasteiger partial charge in [-0.3, -0.25) is 10.1 Å². The summed E-state index contributed by atoms with van der Waals surface area (Å²) >= 11 is 4.82. The molecular weight excluding hydrogens is 242 g/mol. The van der Waals surface area contributed by atoms with Gasteiger partial charge in [0.25, 0.3) is 0 Å². The summed E-state index contributed by atoms with van der Waals surface area (Å²) in [5.74, 6) is 0. The highest BCUT2D eigenvalue weighted by Gasteiger charge is 2.02. The first-order valence-electron chi connectivity index (χ1n) is 3.16. The predicted molar refractivity (Wildman–Crippen MR) is 52.8 cm³/mol. The number of nitrogens with zero attached hydrogens (tertiary/aromatic N) is 1. The summed E-state index contributed by atoms with van der Waals surface area (Å²) in [6, 6.07) is 0. The predicted octanol–water partition coefficient (Wildman–Crippen LogP) is 3.07. The van der Waals surface area contributed by atoms with E-state index in [-0.39, 0.29) is 0 Å². The van der Waals surface area contributed by atoms with Gasteiger partial charge in [-0.05, 0) is 33.8 Å². The molecular formula is C7H6BrNO2S. The normalized spacial score (nSPS) is 10.8. The first-order valence-corrected chi connectivity index (χ1v) is 4.84. The molecule has 0 spiro atoms. The lowest BCUT2D eigenvalue weighted by Crippen LogP contribution is -1.81. The van der Waals surface area contributed by atoms with Gasteiger partial charge in [-0.15, -0.1) is 11.3 Å². The molecule has 1 aromatic heterocycles. The zero-order valence-electron chi connectivity index (χ0n) is 6.28. The Hall–Kier alpha value is -0.680. The third-order valence-electron chi connectivity index (χ3n) is 1.27. The monoisotopic (exact) mass is 247 g/mol. The zero-order valence-corrected chi connectivity index (χ0v) is 8.68. The van der Waals surface area contributed by atoms with Gasteiger partial charge >= 0.3 is 0 Å². The second-order valence-corrected chi connectivity index (χ2v) is 3.90. The molecule has 0 aliphatic rings. The van der Waals surface area contributed by atoms with E-state index >= 15 is 0 Å². The summed E-state index contributed by atoms with van der Waals surface area (Å²) < 4.78 is 0.936. The third kappa shape index (κ3) is 2.15. The van der Waals surface area contributed by atoms with Crippen LogP contribution < -0.4 is 0 Å². The van der Waals surface area contributed by atoms with E-state index in [2.05, 4.69) is 15.9 Å². The fourth-order valence-electron chi connectivity index (χ4n) is 0.691. The number of thiophene rings is 1. The largest absolute Gasteiger partial charge is 0.259 e. The maximum Gasteiger partial charge on any atom is 0.235 e. The fourth-order valence-corrected chi connectivity index (χ4v) is 2.19. The van der Waals surface area contributed by atoms with Crippen molar-refractivity contribution in [1.29, 1.82) is 0 Å². The lowest BCUT2D eigenvalue weighted by atomic mass is 10.3. The van der Waals surface area contributed by atoms with Crippen LogP contribution in [0.2, 0.25) is 0 Å². The smallest absolute Gasteiger partial charge is 0.235 e. The Balaban J connectivity index is 2.90. The molecule has 0 atom stereocenters. The molecule has 0 radical (unpaired) electrons. The maximum atomic E-state index is 10.00. The molecule has 1 aromatic rings. The van der Waals surface area contributed by atoms with Crippen LogP contribution in [-0.4, -0.2) is 4.92 Å². The van der Waals surface area contributed by atoms with E-state index in [1.165, 1.54) is 17.4 Å². The molecule has 0 unspecified atom stereocenters. The van der Waals surface area contributed by atoms with Crippen LogP contribution in [0.15, 0.2) is 16.1 Å². The second-order valence-electron chi connectivity index (χ2n) is 2.20. The molecule has 12 heavy (non-hydrogen) atoms. The summed E-state index contributed by atoms with van der Waals surface area (Å²) in [6.45, 7) is 1.95. The summed E-state index contributed by atoms with van der Waals surface area (Å²) in [5, 5.41) is 11.9. The van der Waals surface area contributed by atoms with Gasteiger partial charge in [-0.1, -0.05) is 0 Å². The number of hydrogen-bond acceptors (Lipinski definition) is 3. The average Bonchev–Trinajstić information content (AvgIpc) is 2.30. The van der Waals surface area contributed by atoms with Crippen LogP contribution in [0.3, 0.4) is 0 Å². The number of hydrogen-bond donors (Lipinski definition) is 0. The minimum atomic E-state index is -0.471. The summed E-state index contributed by atoms with van der Waals surface area (Å²) in [6.07, 6.45) is 2.43. The highest BCUT2D eigenvalue weighted by Crippen LogP contribution is 2.28. The van der Waals surface area contributed by atoms with Crippen molar-refractivity contribution >= 4 is 33.3 Å². The van der Waals surface area contributed by atoms with Gasteiger partial charge in [0.05, 0.1) is 4.92 Å². The molecule has 0 fully saturated rings. The lowest BCUT2D eigenvalue weighted by molar-refractivity contribution is -0.400. The van der Waals surface area contributed by atoms with Crippen molar-refractivity contribution in [3.63, 3.8) is 0 Å². The highest BCUT2D eigenvalue weighted by molar-refractivity contribution is 9.10. The van der Waals surface area contributed by atoms with E-state index in [1.807, 2.05) is 12.3 Å². The van der Waals surface area contributed by atoms with Crippen LogP contribution >= 0.6 is 27.3 Å². The standard InChI is InChI=1S/C7H6BrNO2S/c1-5-4-12-6(7(5)8)2-3-9(10)11/h2-4H,1H3/b3-2+. The Bertz CT molecular complexity index is 332. The first kappa shape index (κ1) is 9.41. The quantitative estimate of drug-likeness (QED) is 0.596. The zero-order chi connectivity index (χ0) is 9.14. The van der Waals surface area contributed by atoms with Crippen molar-refractivity contribution in [2.45, 2.75) is 6.92 Å². The molecule has 0 aromatic carbocycles. The van der Waals surface area contributed by atoms with Gasteiger partial charge in [-0.2, -0.15) is 0 Å². The summed E-state index contributed by atoms with van der Waals surface area (Å²) in [7, 11) is 0. The lowest BCUT2D eigenvalue weighted by Gasteiger charge is -1.86. The van der Waals surface area contributed by atoms with Crippen molar-refractivity contribution < 1.29 is 4.92 Å². The molecule has 0 saturated heterocycles. The van der Waals surface area contributed by atoms with Crippen LogP contribution in [0.1, 0.15) is 10.4 Å². The molecule has 0 bridgehead atoms. The van der Waals surface area contributed by atoms with E-state index in [0.29, 0.717) is 0 Å². The average molecular weight is 248 g/mol. The molecule has 0 aliphatic heterocycles. The Morgan fingerprint density at radius 3 is 2.83 bits per heavy atom. The van der Waals surface area contributed by atoms with Crippen LogP contribution in [0.25, 0.3) is 6.08 Å². The molecule has 5 heteroatoms. The number of rotatable bonds is 2. The van der Waals surface area contributed by atoms with Crippen LogP contribution in [-0.2, 0) is 0 Å². The Morgan fingerprint density at radius 1 is 1.75 bits per heavy atom. The minimum absolute atomic E-state index is 0.471. The fraction of sp³-hybridized carbons (Fsp3) is 0.143. The molecule has 0 N–H and O–H groups in total. The van der Waals surface area contributed by atoms with Crippen molar-refractivity contribution in [1.82, 2.24) is 0 Å². The van der Waals surface area contributed by atoms with Crippen molar-refractivity contribution in [2.75, 3.05) is 0 Å². The number of nitro groups is 1. The topological polar surface area (TPSA) is 43.1 Å². The molecule has 0 amide bonds. The van der Waals surface area contributed by atoms with Gasteiger partial charge < -0.3 is 0 Å². The van der Waals surface area contributed by atoms with Crippen LogP contribution in [0.4, 0.5) is 0 Å². The van der Waals surface area contributed by atoms with Gasteiger partial charge in [0.2, 0.25) is 6.20 Å². The third-order valence-corrected chi connectivity index (χ3v) is 3.65. The van der Waals surface area contributed by atoms with Gasteiger partial charge in [-0.25, -0.2) is 0 Å². The van der Waals surface area contributed by atoms with Gasteiger partial charge in [0, 0.05) is 15.4 Å². The van der Waals surface area contributed by atoms with E-state index in [4.69, 9.17) is 0 Å². The van der Waals surface area contributed by atoms with Crippen molar-refractivity contribution in [2.24, 2.45) is 0 Å². The van der Waals surface area contributed by atoms with E-state index in [0.717, 1.165) is 21.1 Å². The van der Waals surface area contributed by atoms with Crippen LogP contribution in [0, 0.1) is 17.0 Å². The maximum absolute atomic E-state index is 10.00. The minimum Gasteiger partial charge on any atom is -0.259 e. The van der Waals surface area contributed by atoms with Gasteiger partial charge in [0.15, 0.2) is 0 Å². The number of halogens is 1. The van der Waals surface area contributed by atoms with Gasteiger partial charge in [0.1, 0.15) is 0 Å².